The van der Waals surface area contributed by atoms with Crippen LogP contribution in [0.2, 0.25) is 0 Å². The average Bonchev–Trinajstić information content (AvgIpc) is 2.13. The first-order valence-electron chi connectivity index (χ1n) is 5.12. The van der Waals surface area contributed by atoms with Crippen LogP contribution >= 0.6 is 0 Å². The molecule has 0 aromatic heterocycles. The van der Waals surface area contributed by atoms with Gasteiger partial charge < -0.3 is 14.8 Å². The summed E-state index contributed by atoms with van der Waals surface area (Å²) in [4.78, 5) is 0. The Balaban J connectivity index is 3.05. The lowest BCUT2D eigenvalue weighted by Gasteiger charge is -2.12. The molecule has 80 valence electrons. The highest BCUT2D eigenvalue weighted by Crippen LogP contribution is 1.97. The number of nitrogens with one attached hydrogen (secondary N) is 1. The molecule has 0 saturated carbocycles. The van der Waals surface area contributed by atoms with E-state index >= 15 is 0 Å². The zero-order valence-corrected chi connectivity index (χ0v) is 9.14. The molecule has 0 radical (unpaired) electrons. The zero-order chi connectivity index (χ0) is 9.94. The molecule has 1 atom stereocenters. The monoisotopic (exact) mass is 189 g/mol. The SMILES string of the molecule is CCNCCC(C)OCCCOC. The smallest absolute Gasteiger partial charge is 0.0559 e. The van der Waals surface area contributed by atoms with Gasteiger partial charge in [-0.2, -0.15) is 0 Å². The van der Waals surface area contributed by atoms with Crippen molar-refractivity contribution in [3.8, 4) is 0 Å². The molecule has 0 aliphatic rings. The lowest BCUT2D eigenvalue weighted by atomic mass is 10.3. The van der Waals surface area contributed by atoms with Crippen LogP contribution in [0.15, 0.2) is 0 Å². The summed E-state index contributed by atoms with van der Waals surface area (Å²) in [6.45, 7) is 7.91. The van der Waals surface area contributed by atoms with E-state index in [1.807, 2.05) is 0 Å². The molecule has 3 heteroatoms. The summed E-state index contributed by atoms with van der Waals surface area (Å²) in [7, 11) is 1.72. The van der Waals surface area contributed by atoms with Crippen LogP contribution < -0.4 is 5.32 Å². The van der Waals surface area contributed by atoms with Crippen molar-refractivity contribution in [3.05, 3.63) is 0 Å². The maximum atomic E-state index is 5.57. The Morgan fingerprint density at radius 1 is 1.31 bits per heavy atom. The van der Waals surface area contributed by atoms with Gasteiger partial charge in [-0.1, -0.05) is 6.92 Å². The predicted octanol–water partition coefficient (Wildman–Crippen LogP) is 1.43. The summed E-state index contributed by atoms with van der Waals surface area (Å²) < 4.78 is 10.5. The van der Waals surface area contributed by atoms with Crippen LogP contribution in [0.5, 0.6) is 0 Å². The number of rotatable bonds is 9. The summed E-state index contributed by atoms with van der Waals surface area (Å²) in [5.74, 6) is 0. The lowest BCUT2D eigenvalue weighted by molar-refractivity contribution is 0.0459. The van der Waals surface area contributed by atoms with Crippen LogP contribution in [0.4, 0.5) is 0 Å². The minimum absolute atomic E-state index is 0.357. The molecule has 0 aromatic rings. The zero-order valence-electron chi connectivity index (χ0n) is 9.14. The topological polar surface area (TPSA) is 30.5 Å². The predicted molar refractivity (Wildman–Crippen MR) is 55.1 cm³/mol. The van der Waals surface area contributed by atoms with Gasteiger partial charge in [0.15, 0.2) is 0 Å². The molecule has 13 heavy (non-hydrogen) atoms. The van der Waals surface area contributed by atoms with E-state index in [-0.39, 0.29) is 0 Å². The van der Waals surface area contributed by atoms with Gasteiger partial charge in [-0.3, -0.25) is 0 Å². The summed E-state index contributed by atoms with van der Waals surface area (Å²) in [5, 5.41) is 3.28. The largest absolute Gasteiger partial charge is 0.385 e. The highest BCUT2D eigenvalue weighted by molar-refractivity contribution is 4.53. The second-order valence-corrected chi connectivity index (χ2v) is 3.17. The molecule has 0 rings (SSSR count). The van der Waals surface area contributed by atoms with E-state index in [0.717, 1.165) is 39.1 Å². The quantitative estimate of drug-likeness (QED) is 0.557. The normalized spacial score (nSPS) is 13.2. The third-order valence-electron chi connectivity index (χ3n) is 1.87. The van der Waals surface area contributed by atoms with Gasteiger partial charge in [0.05, 0.1) is 6.10 Å². The first-order valence-corrected chi connectivity index (χ1v) is 5.12. The Morgan fingerprint density at radius 2 is 2.08 bits per heavy atom. The van der Waals surface area contributed by atoms with Gasteiger partial charge in [0.2, 0.25) is 0 Å². The Morgan fingerprint density at radius 3 is 2.69 bits per heavy atom. The molecule has 0 aliphatic heterocycles. The van der Waals surface area contributed by atoms with Crippen LogP contribution in [-0.2, 0) is 9.47 Å². The Bertz CT molecular complexity index is 98.9. The van der Waals surface area contributed by atoms with Crippen molar-refractivity contribution in [1.82, 2.24) is 5.32 Å². The molecule has 0 fully saturated rings. The average molecular weight is 189 g/mol. The van der Waals surface area contributed by atoms with Gasteiger partial charge in [0.1, 0.15) is 0 Å². The molecule has 0 spiro atoms. The van der Waals surface area contributed by atoms with Crippen molar-refractivity contribution in [1.29, 1.82) is 0 Å². The second-order valence-electron chi connectivity index (χ2n) is 3.17. The van der Waals surface area contributed by atoms with Crippen molar-refractivity contribution in [2.75, 3.05) is 33.4 Å². The van der Waals surface area contributed by atoms with Gasteiger partial charge in [0.25, 0.3) is 0 Å². The second kappa shape index (κ2) is 9.96. The van der Waals surface area contributed by atoms with Crippen molar-refractivity contribution in [2.24, 2.45) is 0 Å². The molecule has 0 saturated heterocycles. The molecule has 0 bridgehead atoms. The molecule has 0 aliphatic carbocycles. The molecule has 1 unspecified atom stereocenters. The van der Waals surface area contributed by atoms with E-state index in [1.165, 1.54) is 0 Å². The Labute approximate surface area is 81.8 Å². The minimum Gasteiger partial charge on any atom is -0.385 e. The van der Waals surface area contributed by atoms with E-state index in [4.69, 9.17) is 9.47 Å². The van der Waals surface area contributed by atoms with Crippen LogP contribution in [0, 0.1) is 0 Å². The number of hydrogen-bond acceptors (Lipinski definition) is 3. The van der Waals surface area contributed by atoms with Crippen molar-refractivity contribution >= 4 is 0 Å². The molecular weight excluding hydrogens is 166 g/mol. The van der Waals surface area contributed by atoms with Gasteiger partial charge >= 0.3 is 0 Å². The Kier molecular flexibility index (Phi) is 9.87. The van der Waals surface area contributed by atoms with Crippen LogP contribution in [-0.4, -0.2) is 39.5 Å². The first kappa shape index (κ1) is 12.9. The van der Waals surface area contributed by atoms with Gasteiger partial charge in [-0.25, -0.2) is 0 Å². The Hall–Kier alpha value is -0.120. The molecule has 0 amide bonds. The van der Waals surface area contributed by atoms with Gasteiger partial charge in [-0.05, 0) is 32.9 Å². The van der Waals surface area contributed by atoms with Crippen LogP contribution in [0.1, 0.15) is 26.7 Å². The number of hydrogen-bond donors (Lipinski definition) is 1. The highest BCUT2D eigenvalue weighted by atomic mass is 16.5. The minimum atomic E-state index is 0.357. The fraction of sp³-hybridized carbons (Fsp3) is 1.00. The molecule has 0 aromatic carbocycles. The van der Waals surface area contributed by atoms with E-state index in [2.05, 4.69) is 19.2 Å². The molecular formula is C10H23NO2. The first-order chi connectivity index (χ1) is 6.31. The number of ether oxygens (including phenoxy) is 2. The lowest BCUT2D eigenvalue weighted by Crippen LogP contribution is -2.20. The highest BCUT2D eigenvalue weighted by Gasteiger charge is 2.00. The molecule has 1 N–H and O–H groups in total. The van der Waals surface area contributed by atoms with E-state index in [9.17, 15) is 0 Å². The van der Waals surface area contributed by atoms with Gasteiger partial charge in [-0.15, -0.1) is 0 Å². The van der Waals surface area contributed by atoms with Crippen molar-refractivity contribution < 1.29 is 9.47 Å². The van der Waals surface area contributed by atoms with E-state index in [1.54, 1.807) is 7.11 Å². The molecule has 3 nitrogen and oxygen atoms in total. The van der Waals surface area contributed by atoms with Crippen molar-refractivity contribution in [2.45, 2.75) is 32.8 Å². The number of methoxy groups -OCH3 is 1. The standard InChI is InChI=1S/C10H23NO2/c1-4-11-7-6-10(2)13-9-5-8-12-3/h10-11H,4-9H2,1-3H3. The van der Waals surface area contributed by atoms with E-state index in [0.29, 0.717) is 6.10 Å². The fourth-order valence-corrected chi connectivity index (χ4v) is 1.05. The third kappa shape index (κ3) is 9.80. The van der Waals surface area contributed by atoms with Crippen molar-refractivity contribution in [3.63, 3.8) is 0 Å². The van der Waals surface area contributed by atoms with E-state index < -0.39 is 0 Å². The summed E-state index contributed by atoms with van der Waals surface area (Å²) >= 11 is 0. The van der Waals surface area contributed by atoms with Crippen LogP contribution in [0.3, 0.4) is 0 Å². The maximum Gasteiger partial charge on any atom is 0.0559 e. The third-order valence-corrected chi connectivity index (χ3v) is 1.87. The van der Waals surface area contributed by atoms with Gasteiger partial charge in [0, 0.05) is 20.3 Å². The summed E-state index contributed by atoms with van der Waals surface area (Å²) in [5.41, 5.74) is 0. The summed E-state index contributed by atoms with van der Waals surface area (Å²) in [6.07, 6.45) is 2.43. The summed E-state index contributed by atoms with van der Waals surface area (Å²) in [6, 6.07) is 0. The van der Waals surface area contributed by atoms with Crippen LogP contribution in [0.25, 0.3) is 0 Å². The maximum absolute atomic E-state index is 5.57. The fourth-order valence-electron chi connectivity index (χ4n) is 1.05. The molecule has 0 heterocycles.